The van der Waals surface area contributed by atoms with Crippen LogP contribution in [0.1, 0.15) is 21.7 Å². The van der Waals surface area contributed by atoms with Crippen molar-refractivity contribution in [1.29, 1.82) is 0 Å². The first-order valence-electron chi connectivity index (χ1n) is 7.27. The predicted molar refractivity (Wildman–Crippen MR) is 89.6 cm³/mol. The second-order valence-corrected chi connectivity index (χ2v) is 5.93. The lowest BCUT2D eigenvalue weighted by Crippen LogP contribution is -2.28. The molecule has 0 radical (unpaired) electrons. The molecule has 0 spiro atoms. The van der Waals surface area contributed by atoms with Crippen LogP contribution in [0.3, 0.4) is 0 Å². The summed E-state index contributed by atoms with van der Waals surface area (Å²) in [6.45, 7) is 0.206. The van der Waals surface area contributed by atoms with E-state index >= 15 is 0 Å². The number of aromatic nitrogens is 2. The maximum absolute atomic E-state index is 12.0. The first kappa shape index (κ1) is 16.7. The Labute approximate surface area is 146 Å². The van der Waals surface area contributed by atoms with Gasteiger partial charge in [-0.2, -0.15) is 4.98 Å². The van der Waals surface area contributed by atoms with Crippen LogP contribution in [-0.2, 0) is 17.9 Å². The van der Waals surface area contributed by atoms with Crippen molar-refractivity contribution < 1.29 is 18.8 Å². The smallest absolute Gasteiger partial charge is 0.338 e. The van der Waals surface area contributed by atoms with E-state index in [1.165, 1.54) is 11.3 Å². The van der Waals surface area contributed by atoms with Crippen molar-refractivity contribution in [3.8, 4) is 10.8 Å². The molecule has 0 unspecified atom stereocenters. The molecule has 0 aliphatic rings. The third kappa shape index (κ3) is 4.42. The molecule has 0 bridgehead atoms. The molecule has 0 atom stereocenters. The molecule has 0 saturated carbocycles. The van der Waals surface area contributed by atoms with E-state index in [-0.39, 0.29) is 6.61 Å². The Bertz CT molecular complexity index is 859. The van der Waals surface area contributed by atoms with Gasteiger partial charge >= 0.3 is 12.0 Å². The fourth-order valence-corrected chi connectivity index (χ4v) is 2.62. The Hall–Kier alpha value is -3.20. The summed E-state index contributed by atoms with van der Waals surface area (Å²) in [5, 5.41) is 8.16. The number of thiophene rings is 1. The van der Waals surface area contributed by atoms with Gasteiger partial charge < -0.3 is 20.3 Å². The Morgan fingerprint density at radius 2 is 2.04 bits per heavy atom. The van der Waals surface area contributed by atoms with Crippen molar-refractivity contribution in [3.63, 3.8) is 0 Å². The summed E-state index contributed by atoms with van der Waals surface area (Å²) in [5.74, 6) is 0.184. The quantitative estimate of drug-likeness (QED) is 0.652. The number of carbonyl (C=O) groups excluding carboxylic acids is 2. The molecule has 2 heterocycles. The molecular formula is C16H14N4O4S. The SMILES string of the molecule is NC(=O)NCc1ccc(C(=O)OCc2noc(-c3cccs3)n2)cc1. The maximum Gasteiger partial charge on any atom is 0.338 e. The van der Waals surface area contributed by atoms with Crippen molar-refractivity contribution in [2.24, 2.45) is 5.73 Å². The first-order chi connectivity index (χ1) is 12.1. The third-order valence-electron chi connectivity index (χ3n) is 3.19. The highest BCUT2D eigenvalue weighted by Crippen LogP contribution is 2.22. The molecule has 0 aliphatic heterocycles. The first-order valence-corrected chi connectivity index (χ1v) is 8.15. The van der Waals surface area contributed by atoms with E-state index < -0.39 is 12.0 Å². The zero-order chi connectivity index (χ0) is 17.6. The molecule has 0 saturated heterocycles. The van der Waals surface area contributed by atoms with E-state index in [1.54, 1.807) is 24.3 Å². The molecule has 3 N–H and O–H groups in total. The highest BCUT2D eigenvalue weighted by Gasteiger charge is 2.13. The Kier molecular flexibility index (Phi) is 5.05. The number of nitrogens with two attached hydrogens (primary N) is 1. The number of hydrogen-bond donors (Lipinski definition) is 2. The Morgan fingerprint density at radius 3 is 2.72 bits per heavy atom. The van der Waals surface area contributed by atoms with Gasteiger partial charge in [-0.3, -0.25) is 0 Å². The van der Waals surface area contributed by atoms with E-state index in [2.05, 4.69) is 15.5 Å². The number of amides is 2. The number of esters is 1. The summed E-state index contributed by atoms with van der Waals surface area (Å²) >= 11 is 1.48. The highest BCUT2D eigenvalue weighted by molar-refractivity contribution is 7.13. The van der Waals surface area contributed by atoms with Gasteiger partial charge in [-0.05, 0) is 29.1 Å². The average Bonchev–Trinajstić information content (AvgIpc) is 3.29. The van der Waals surface area contributed by atoms with Crippen LogP contribution < -0.4 is 11.1 Å². The van der Waals surface area contributed by atoms with Crippen molar-refractivity contribution in [2.45, 2.75) is 13.2 Å². The molecule has 25 heavy (non-hydrogen) atoms. The summed E-state index contributed by atoms with van der Waals surface area (Å²) in [5.41, 5.74) is 6.20. The van der Waals surface area contributed by atoms with E-state index in [0.29, 0.717) is 23.8 Å². The van der Waals surface area contributed by atoms with Gasteiger partial charge in [0.05, 0.1) is 10.4 Å². The number of urea groups is 1. The lowest BCUT2D eigenvalue weighted by Gasteiger charge is -2.04. The molecule has 1 aromatic carbocycles. The Morgan fingerprint density at radius 1 is 1.24 bits per heavy atom. The minimum atomic E-state index is -0.606. The number of rotatable bonds is 6. The summed E-state index contributed by atoms with van der Waals surface area (Å²) in [7, 11) is 0. The summed E-state index contributed by atoms with van der Waals surface area (Å²) < 4.78 is 10.3. The normalized spacial score (nSPS) is 10.4. The second-order valence-electron chi connectivity index (χ2n) is 4.98. The topological polar surface area (TPSA) is 120 Å². The summed E-state index contributed by atoms with van der Waals surface area (Å²) in [6.07, 6.45) is 0. The van der Waals surface area contributed by atoms with E-state index in [4.69, 9.17) is 15.0 Å². The van der Waals surface area contributed by atoms with Crippen molar-refractivity contribution in [1.82, 2.24) is 15.5 Å². The minimum Gasteiger partial charge on any atom is -0.454 e. The second kappa shape index (κ2) is 7.58. The van der Waals surface area contributed by atoms with Crippen LogP contribution in [0.5, 0.6) is 0 Å². The zero-order valence-electron chi connectivity index (χ0n) is 13.0. The van der Waals surface area contributed by atoms with E-state index in [9.17, 15) is 9.59 Å². The average molecular weight is 358 g/mol. The number of ether oxygens (including phenoxy) is 1. The molecule has 128 valence electrons. The molecule has 9 heteroatoms. The Balaban J connectivity index is 1.54. The molecule has 2 amide bonds. The third-order valence-corrected chi connectivity index (χ3v) is 4.05. The number of nitrogens with one attached hydrogen (secondary N) is 1. The summed E-state index contributed by atoms with van der Waals surface area (Å²) in [6, 6.07) is 9.76. The van der Waals surface area contributed by atoms with Gasteiger partial charge in [0.1, 0.15) is 0 Å². The van der Waals surface area contributed by atoms with Gasteiger partial charge in [0.15, 0.2) is 6.61 Å². The van der Waals surface area contributed by atoms with Gasteiger partial charge in [0, 0.05) is 6.54 Å². The minimum absolute atomic E-state index is 0.0846. The molecule has 3 rings (SSSR count). The van der Waals surface area contributed by atoms with Crippen LogP contribution in [0.2, 0.25) is 0 Å². The summed E-state index contributed by atoms with van der Waals surface area (Å²) in [4.78, 5) is 27.7. The van der Waals surface area contributed by atoms with Crippen molar-refractivity contribution >= 4 is 23.3 Å². The number of hydrogen-bond acceptors (Lipinski definition) is 7. The number of nitrogens with zero attached hydrogens (tertiary/aromatic N) is 2. The van der Waals surface area contributed by atoms with E-state index in [0.717, 1.165) is 10.4 Å². The standard InChI is InChI=1S/C16H14N4O4S/c17-16(22)18-8-10-3-5-11(6-4-10)15(21)23-9-13-19-14(24-20-13)12-2-1-7-25-12/h1-7H,8-9H2,(H3,17,18,22). The van der Waals surface area contributed by atoms with Crippen LogP contribution in [0.4, 0.5) is 4.79 Å². The highest BCUT2D eigenvalue weighted by atomic mass is 32.1. The molecule has 0 fully saturated rings. The van der Waals surface area contributed by atoms with Gasteiger partial charge in [-0.1, -0.05) is 23.4 Å². The maximum atomic E-state index is 12.0. The van der Waals surface area contributed by atoms with Gasteiger partial charge in [0.25, 0.3) is 5.89 Å². The fourth-order valence-electron chi connectivity index (χ4n) is 1.97. The molecule has 8 nitrogen and oxygen atoms in total. The van der Waals surface area contributed by atoms with Crippen molar-refractivity contribution in [3.05, 3.63) is 58.7 Å². The lowest BCUT2D eigenvalue weighted by molar-refractivity contribution is 0.0459. The number of carbonyl (C=O) groups is 2. The van der Waals surface area contributed by atoms with Gasteiger partial charge in [-0.15, -0.1) is 11.3 Å². The lowest BCUT2D eigenvalue weighted by atomic mass is 10.1. The van der Waals surface area contributed by atoms with Crippen LogP contribution in [-0.4, -0.2) is 22.1 Å². The van der Waals surface area contributed by atoms with Crippen LogP contribution >= 0.6 is 11.3 Å². The molecule has 3 aromatic rings. The van der Waals surface area contributed by atoms with E-state index in [1.807, 2.05) is 17.5 Å². The van der Waals surface area contributed by atoms with Gasteiger partial charge in [-0.25, -0.2) is 9.59 Å². The largest absolute Gasteiger partial charge is 0.454 e. The van der Waals surface area contributed by atoms with Crippen LogP contribution in [0.15, 0.2) is 46.3 Å². The molecule has 2 aromatic heterocycles. The molecule has 0 aliphatic carbocycles. The van der Waals surface area contributed by atoms with Crippen molar-refractivity contribution in [2.75, 3.05) is 0 Å². The molecular weight excluding hydrogens is 344 g/mol. The fraction of sp³-hybridized carbons (Fsp3) is 0.125. The zero-order valence-corrected chi connectivity index (χ0v) is 13.8. The number of primary amides is 1. The van der Waals surface area contributed by atoms with Gasteiger partial charge in [0.2, 0.25) is 5.82 Å². The van der Waals surface area contributed by atoms with Crippen LogP contribution in [0.25, 0.3) is 10.8 Å². The number of benzene rings is 1. The monoisotopic (exact) mass is 358 g/mol. The van der Waals surface area contributed by atoms with Crippen LogP contribution in [0, 0.1) is 0 Å². The predicted octanol–water partition coefficient (Wildman–Crippen LogP) is 2.32.